The van der Waals surface area contributed by atoms with Crippen LogP contribution < -0.4 is 5.32 Å². The van der Waals surface area contributed by atoms with Gasteiger partial charge in [-0.3, -0.25) is 9.59 Å². The molecule has 0 aliphatic carbocycles. The molecule has 2 heterocycles. The fourth-order valence-electron chi connectivity index (χ4n) is 4.67. The van der Waals surface area contributed by atoms with Crippen molar-refractivity contribution in [3.63, 3.8) is 0 Å². The van der Waals surface area contributed by atoms with Gasteiger partial charge in [-0.1, -0.05) is 60.7 Å². The Kier molecular flexibility index (Phi) is 6.39. The number of piperidine rings is 1. The minimum absolute atomic E-state index is 0.0152. The van der Waals surface area contributed by atoms with Gasteiger partial charge in [0.1, 0.15) is 5.69 Å². The Balaban J connectivity index is 1.42. The number of amides is 2. The largest absolute Gasteiger partial charge is 0.331 e. The third kappa shape index (κ3) is 4.84. The highest BCUT2D eigenvalue weighted by molar-refractivity contribution is 5.94. The van der Waals surface area contributed by atoms with E-state index in [1.165, 1.54) is 10.7 Å². The molecule has 1 aliphatic rings. The molecule has 1 aromatic heterocycles. The summed E-state index contributed by atoms with van der Waals surface area (Å²) in [4.78, 5) is 28.3. The van der Waals surface area contributed by atoms with E-state index in [1.807, 2.05) is 60.7 Å². The fraction of sp³-hybridized carbons (Fsp3) is 0.179. The molecule has 1 aliphatic heterocycles. The number of anilines is 1. The maximum absolute atomic E-state index is 14.7. The van der Waals surface area contributed by atoms with Crippen LogP contribution in [-0.2, 0) is 16.1 Å². The van der Waals surface area contributed by atoms with Gasteiger partial charge in [0.25, 0.3) is 0 Å². The Bertz CT molecular complexity index is 1310. The number of halogens is 1. The average Bonchev–Trinajstić information content (AvgIpc) is 3.41. The second-order valence-electron chi connectivity index (χ2n) is 8.61. The van der Waals surface area contributed by atoms with E-state index < -0.39 is 17.8 Å². The Morgan fingerprint density at radius 3 is 2.43 bits per heavy atom. The first-order valence-corrected chi connectivity index (χ1v) is 11.6. The number of likely N-dealkylation sites (tertiary alicyclic amines) is 1. The van der Waals surface area contributed by atoms with Crippen molar-refractivity contribution >= 4 is 17.5 Å². The van der Waals surface area contributed by atoms with Crippen molar-refractivity contribution in [1.82, 2.24) is 14.7 Å². The molecule has 1 fully saturated rings. The van der Waals surface area contributed by atoms with Crippen LogP contribution in [-0.4, -0.2) is 26.5 Å². The normalized spacial score (nSPS) is 17.9. The van der Waals surface area contributed by atoms with E-state index >= 15 is 0 Å². The summed E-state index contributed by atoms with van der Waals surface area (Å²) >= 11 is 0. The minimum Gasteiger partial charge on any atom is -0.331 e. The van der Waals surface area contributed by atoms with Gasteiger partial charge in [0.2, 0.25) is 11.8 Å². The monoisotopic (exact) mass is 468 g/mol. The summed E-state index contributed by atoms with van der Waals surface area (Å²) < 4.78 is 16.2. The van der Waals surface area contributed by atoms with Crippen LogP contribution in [0.2, 0.25) is 0 Å². The second kappa shape index (κ2) is 9.93. The number of nitrogens with one attached hydrogen (secondary N) is 1. The maximum Gasteiger partial charge on any atom is 0.229 e. The smallest absolute Gasteiger partial charge is 0.229 e. The van der Waals surface area contributed by atoms with Crippen LogP contribution in [0.5, 0.6) is 0 Å². The van der Waals surface area contributed by atoms with E-state index in [4.69, 9.17) is 0 Å². The van der Waals surface area contributed by atoms with Gasteiger partial charge in [0.05, 0.1) is 12.0 Å². The van der Waals surface area contributed by atoms with Crippen LogP contribution in [0.3, 0.4) is 0 Å². The quantitative estimate of drug-likeness (QED) is 0.427. The summed E-state index contributed by atoms with van der Waals surface area (Å²) in [7, 11) is 0. The molecule has 0 spiro atoms. The average molecular weight is 469 g/mol. The van der Waals surface area contributed by atoms with Crippen molar-refractivity contribution in [2.45, 2.75) is 25.4 Å². The Hall–Kier alpha value is -4.26. The third-order valence-electron chi connectivity index (χ3n) is 6.35. The van der Waals surface area contributed by atoms with Gasteiger partial charge in [-0.25, -0.2) is 9.07 Å². The molecule has 1 saturated heterocycles. The van der Waals surface area contributed by atoms with Crippen molar-refractivity contribution in [2.75, 3.05) is 5.32 Å². The lowest BCUT2D eigenvalue weighted by molar-refractivity contribution is -0.142. The van der Waals surface area contributed by atoms with E-state index in [0.717, 1.165) is 11.1 Å². The highest BCUT2D eigenvalue weighted by Crippen LogP contribution is 2.38. The lowest BCUT2D eigenvalue weighted by atomic mass is 9.83. The van der Waals surface area contributed by atoms with Crippen LogP contribution in [0.4, 0.5) is 10.1 Å². The van der Waals surface area contributed by atoms with Crippen LogP contribution >= 0.6 is 0 Å². The van der Waals surface area contributed by atoms with Crippen LogP contribution in [0.25, 0.3) is 5.69 Å². The summed E-state index contributed by atoms with van der Waals surface area (Å²) in [5.41, 5.74) is 2.56. The summed E-state index contributed by atoms with van der Waals surface area (Å²) in [5.74, 6) is -1.19. The molecule has 0 bridgehead atoms. The number of hydrogen-bond donors (Lipinski definition) is 1. The molecular formula is C28H25FN4O2. The number of benzene rings is 3. The SMILES string of the molecule is O=C(Nc1ccc(-n2cccn2)c(F)c1)C1CCC(=O)N(Cc2ccccc2)C1c1ccccc1. The molecule has 4 aromatic rings. The van der Waals surface area contributed by atoms with Gasteiger partial charge in [0, 0.05) is 31.0 Å². The van der Waals surface area contributed by atoms with Crippen molar-refractivity contribution < 1.29 is 14.0 Å². The predicted molar refractivity (Wildman–Crippen MR) is 131 cm³/mol. The molecular weight excluding hydrogens is 443 g/mol. The summed E-state index contributed by atoms with van der Waals surface area (Å²) in [6.45, 7) is 0.413. The zero-order chi connectivity index (χ0) is 24.2. The molecule has 0 radical (unpaired) electrons. The molecule has 6 nitrogen and oxygen atoms in total. The summed E-state index contributed by atoms with van der Waals surface area (Å²) in [5, 5.41) is 6.93. The molecule has 3 aromatic carbocycles. The van der Waals surface area contributed by atoms with E-state index in [9.17, 15) is 14.0 Å². The number of rotatable bonds is 6. The maximum atomic E-state index is 14.7. The number of carbonyl (C=O) groups excluding carboxylic acids is 2. The minimum atomic E-state index is -0.490. The van der Waals surface area contributed by atoms with Crippen LogP contribution in [0, 0.1) is 11.7 Å². The first kappa shape index (κ1) is 22.5. The molecule has 2 atom stereocenters. The summed E-state index contributed by atoms with van der Waals surface area (Å²) in [6, 6.07) is 25.2. The van der Waals surface area contributed by atoms with Gasteiger partial charge >= 0.3 is 0 Å². The second-order valence-corrected chi connectivity index (χ2v) is 8.61. The van der Waals surface area contributed by atoms with Crippen LogP contribution in [0.15, 0.2) is 97.3 Å². The number of carbonyl (C=O) groups is 2. The van der Waals surface area contributed by atoms with Gasteiger partial charge < -0.3 is 10.2 Å². The molecule has 1 N–H and O–H groups in total. The molecule has 0 saturated carbocycles. The zero-order valence-corrected chi connectivity index (χ0v) is 19.0. The van der Waals surface area contributed by atoms with Crippen LogP contribution in [0.1, 0.15) is 30.0 Å². The Morgan fingerprint density at radius 2 is 1.74 bits per heavy atom. The van der Waals surface area contributed by atoms with Crippen molar-refractivity contribution in [1.29, 1.82) is 0 Å². The van der Waals surface area contributed by atoms with E-state index in [1.54, 1.807) is 35.5 Å². The van der Waals surface area contributed by atoms with Crippen molar-refractivity contribution in [3.8, 4) is 5.69 Å². The molecule has 176 valence electrons. The lowest BCUT2D eigenvalue weighted by Gasteiger charge is -2.41. The van der Waals surface area contributed by atoms with Gasteiger partial charge in [-0.15, -0.1) is 0 Å². The topological polar surface area (TPSA) is 67.2 Å². The lowest BCUT2D eigenvalue weighted by Crippen LogP contribution is -2.46. The van der Waals surface area contributed by atoms with Crippen molar-refractivity contribution in [2.24, 2.45) is 5.92 Å². The summed E-state index contributed by atoms with van der Waals surface area (Å²) in [6.07, 6.45) is 3.93. The molecule has 7 heteroatoms. The van der Waals surface area contributed by atoms with Crippen molar-refractivity contribution in [3.05, 3.63) is 114 Å². The molecule has 35 heavy (non-hydrogen) atoms. The zero-order valence-electron chi connectivity index (χ0n) is 19.0. The number of aromatic nitrogens is 2. The fourth-order valence-corrected chi connectivity index (χ4v) is 4.67. The van der Waals surface area contributed by atoms with Gasteiger partial charge in [-0.05, 0) is 41.8 Å². The Morgan fingerprint density at radius 1 is 1.00 bits per heavy atom. The molecule has 2 amide bonds. The highest BCUT2D eigenvalue weighted by atomic mass is 19.1. The molecule has 2 unspecified atom stereocenters. The first-order valence-electron chi connectivity index (χ1n) is 11.6. The van der Waals surface area contributed by atoms with Gasteiger partial charge in [-0.2, -0.15) is 5.10 Å². The number of hydrogen-bond acceptors (Lipinski definition) is 3. The number of nitrogens with zero attached hydrogens (tertiary/aromatic N) is 3. The van der Waals surface area contributed by atoms with E-state index in [2.05, 4.69) is 10.4 Å². The van der Waals surface area contributed by atoms with E-state index in [0.29, 0.717) is 24.3 Å². The first-order chi connectivity index (χ1) is 17.1. The predicted octanol–water partition coefficient (Wildman–Crippen LogP) is 5.13. The van der Waals surface area contributed by atoms with Gasteiger partial charge in [0.15, 0.2) is 5.82 Å². The highest BCUT2D eigenvalue weighted by Gasteiger charge is 2.40. The molecule has 5 rings (SSSR count). The van der Waals surface area contributed by atoms with E-state index in [-0.39, 0.29) is 18.2 Å². The third-order valence-corrected chi connectivity index (χ3v) is 6.35. The standard InChI is InChI=1S/C28H25FN4O2/c29-24-18-22(12-14-25(24)33-17-7-16-30-33)31-28(35)23-13-15-26(34)32(19-20-8-3-1-4-9-20)27(23)21-10-5-2-6-11-21/h1-12,14,16-18,23,27H,13,15,19H2,(H,31,35). The Labute approximate surface area is 203 Å².